The van der Waals surface area contributed by atoms with Crippen LogP contribution in [0.1, 0.15) is 0 Å². The lowest BCUT2D eigenvalue weighted by Gasteiger charge is -2.03. The average Bonchev–Trinajstić information content (AvgIpc) is 2.46. The number of methoxy groups -OCH3 is 1. The van der Waals surface area contributed by atoms with Gasteiger partial charge in [0.05, 0.1) is 18.6 Å². The highest BCUT2D eigenvalue weighted by Gasteiger charge is 2.25. The molecule has 0 atom stereocenters. The molecule has 0 fully saturated rings. The Bertz CT molecular complexity index is 826. The number of benzene rings is 2. The number of hydrogen-bond acceptors (Lipinski definition) is 4. The van der Waals surface area contributed by atoms with Crippen molar-refractivity contribution in [1.29, 1.82) is 0 Å². The smallest absolute Gasteiger partial charge is 0.405 e. The Labute approximate surface area is 120 Å². The summed E-state index contributed by atoms with van der Waals surface area (Å²) in [6, 6.07) is 10.7. The van der Waals surface area contributed by atoms with Crippen LogP contribution in [0.3, 0.4) is 0 Å². The molecule has 3 aromatic rings. The third-order valence-corrected chi connectivity index (χ3v) is 3.17. The van der Waals surface area contributed by atoms with Gasteiger partial charge in [0.25, 0.3) is 0 Å². The summed E-state index contributed by atoms with van der Waals surface area (Å²) in [7, 11) is 1.50. The van der Waals surface area contributed by atoms with Crippen molar-refractivity contribution in [3.8, 4) is 34.3 Å². The van der Waals surface area contributed by atoms with Crippen LogP contribution in [-0.2, 0) is 0 Å². The van der Waals surface area contributed by atoms with E-state index < -0.39 is 0 Å². The zero-order valence-corrected chi connectivity index (χ0v) is 11.2. The number of rotatable bonds is 2. The van der Waals surface area contributed by atoms with Crippen LogP contribution in [0.25, 0.3) is 22.3 Å². The van der Waals surface area contributed by atoms with Crippen molar-refractivity contribution in [2.45, 2.75) is 0 Å². The molecular weight excluding hydrogens is 272 g/mol. The van der Waals surface area contributed by atoms with E-state index in [9.17, 15) is 15.3 Å². The Hall–Kier alpha value is -2.95. The quantitative estimate of drug-likeness (QED) is 0.628. The first-order valence-electron chi connectivity index (χ1n) is 6.24. The van der Waals surface area contributed by atoms with Crippen molar-refractivity contribution in [3.63, 3.8) is 0 Å². The summed E-state index contributed by atoms with van der Waals surface area (Å²) in [6.45, 7) is 0. The van der Waals surface area contributed by atoms with Gasteiger partial charge in [0, 0.05) is 12.1 Å². The van der Waals surface area contributed by atoms with Crippen molar-refractivity contribution in [2.24, 2.45) is 0 Å². The van der Waals surface area contributed by atoms with E-state index in [2.05, 4.69) is 0 Å². The fourth-order valence-electron chi connectivity index (χ4n) is 2.15. The van der Waals surface area contributed by atoms with Gasteiger partial charge >= 0.3 is 11.3 Å². The largest absolute Gasteiger partial charge is 0.508 e. The number of hydrogen-bond donors (Lipinski definition) is 3. The van der Waals surface area contributed by atoms with Gasteiger partial charge in [-0.05, 0) is 24.3 Å². The molecule has 0 aliphatic carbocycles. The van der Waals surface area contributed by atoms with Crippen molar-refractivity contribution < 1.29 is 24.5 Å². The van der Waals surface area contributed by atoms with Gasteiger partial charge < -0.3 is 20.1 Å². The van der Waals surface area contributed by atoms with Crippen molar-refractivity contribution >= 4 is 11.0 Å². The van der Waals surface area contributed by atoms with E-state index in [1.807, 2.05) is 0 Å². The van der Waals surface area contributed by atoms with Gasteiger partial charge in [-0.1, -0.05) is 0 Å². The molecule has 0 unspecified atom stereocenters. The van der Waals surface area contributed by atoms with E-state index in [1.54, 1.807) is 18.2 Å². The predicted octanol–water partition coefficient (Wildman–Crippen LogP) is 3.51. The van der Waals surface area contributed by atoms with E-state index in [0.717, 1.165) is 5.39 Å². The average molecular weight is 285 g/mol. The van der Waals surface area contributed by atoms with Crippen LogP contribution < -0.4 is 4.74 Å². The van der Waals surface area contributed by atoms with Crippen LogP contribution in [0.15, 0.2) is 46.9 Å². The molecule has 0 radical (unpaired) electrons. The lowest BCUT2D eigenvalue weighted by molar-refractivity contribution is 0.400. The Kier molecular flexibility index (Phi) is 3.02. The third-order valence-electron chi connectivity index (χ3n) is 3.17. The van der Waals surface area contributed by atoms with Crippen molar-refractivity contribution in [2.75, 3.05) is 7.11 Å². The first kappa shape index (κ1) is 13.1. The number of aromatic hydroxyl groups is 3. The highest BCUT2D eigenvalue weighted by atomic mass is 16.5. The fourth-order valence-corrected chi connectivity index (χ4v) is 2.15. The molecular formula is C16H13O5+. The van der Waals surface area contributed by atoms with E-state index in [-0.39, 0.29) is 17.2 Å². The molecule has 2 aromatic carbocycles. The number of phenols is 3. The highest BCUT2D eigenvalue weighted by Crippen LogP contribution is 2.40. The molecule has 0 saturated heterocycles. The second-order valence-corrected chi connectivity index (χ2v) is 4.57. The zero-order valence-electron chi connectivity index (χ0n) is 11.2. The Balaban J connectivity index is 2.29. The minimum Gasteiger partial charge on any atom is -0.508 e. The van der Waals surface area contributed by atoms with Crippen LogP contribution in [0, 0.1) is 0 Å². The standard InChI is InChI=1S/C16H12O5/c1-20-15-6-9-2-3-11(18)8-14(9)21-16(15)12-5-4-10(17)7-13(12)19/h2-8H,1H3,(H2-,17,18,19)/p+1. The van der Waals surface area contributed by atoms with Crippen LogP contribution in [0.5, 0.6) is 23.0 Å². The maximum absolute atomic E-state index is 9.97. The Morgan fingerprint density at radius 2 is 1.62 bits per heavy atom. The van der Waals surface area contributed by atoms with E-state index in [1.165, 1.54) is 31.4 Å². The topological polar surface area (TPSA) is 81.2 Å². The van der Waals surface area contributed by atoms with Crippen molar-refractivity contribution in [3.05, 3.63) is 42.5 Å². The molecule has 0 spiro atoms. The monoisotopic (exact) mass is 285 g/mol. The molecule has 0 aliphatic rings. The number of fused-ring (bicyclic) bond motifs is 1. The molecule has 3 rings (SSSR count). The normalized spacial score (nSPS) is 10.7. The number of phenolic OH excluding ortho intramolecular Hbond substituents is 3. The molecule has 3 N–H and O–H groups in total. The lowest BCUT2D eigenvalue weighted by Crippen LogP contribution is -1.89. The summed E-state index contributed by atoms with van der Waals surface area (Å²) in [5.74, 6) is 0.657. The first-order chi connectivity index (χ1) is 10.1. The summed E-state index contributed by atoms with van der Waals surface area (Å²) >= 11 is 0. The summed E-state index contributed by atoms with van der Waals surface area (Å²) in [6.07, 6.45) is 0. The minimum absolute atomic E-state index is 0.0475. The Morgan fingerprint density at radius 1 is 0.905 bits per heavy atom. The second kappa shape index (κ2) is 4.86. The summed E-state index contributed by atoms with van der Waals surface area (Å²) in [5.41, 5.74) is 0.841. The first-order valence-corrected chi connectivity index (χ1v) is 6.24. The fraction of sp³-hybridized carbons (Fsp3) is 0.0625. The SMILES string of the molecule is COc1cc2ccc(O)cc2[o+]c1-c1ccc(O)cc1O. The second-order valence-electron chi connectivity index (χ2n) is 4.57. The maximum atomic E-state index is 9.97. The third kappa shape index (κ3) is 2.29. The molecule has 0 aliphatic heterocycles. The predicted molar refractivity (Wildman–Crippen MR) is 77.6 cm³/mol. The molecule has 1 heterocycles. The van der Waals surface area contributed by atoms with Gasteiger partial charge in [0.15, 0.2) is 0 Å². The molecule has 0 saturated carbocycles. The van der Waals surface area contributed by atoms with Crippen LogP contribution in [-0.4, -0.2) is 22.4 Å². The zero-order chi connectivity index (χ0) is 15.0. The summed E-state index contributed by atoms with van der Waals surface area (Å²) < 4.78 is 11.0. The summed E-state index contributed by atoms with van der Waals surface area (Å²) in [5, 5.41) is 29.6. The lowest BCUT2D eigenvalue weighted by atomic mass is 10.1. The van der Waals surface area contributed by atoms with E-state index in [4.69, 9.17) is 9.15 Å². The van der Waals surface area contributed by atoms with Gasteiger partial charge in [-0.25, -0.2) is 4.42 Å². The Morgan fingerprint density at radius 3 is 2.33 bits per heavy atom. The molecule has 21 heavy (non-hydrogen) atoms. The minimum atomic E-state index is -0.128. The van der Waals surface area contributed by atoms with E-state index >= 15 is 0 Å². The van der Waals surface area contributed by atoms with Gasteiger partial charge in [-0.3, -0.25) is 0 Å². The molecule has 1 aromatic heterocycles. The summed E-state index contributed by atoms with van der Waals surface area (Å²) in [4.78, 5) is 0. The van der Waals surface area contributed by atoms with Gasteiger partial charge in [-0.15, -0.1) is 0 Å². The highest BCUT2D eigenvalue weighted by molar-refractivity contribution is 5.84. The number of ether oxygens (including phenoxy) is 1. The van der Waals surface area contributed by atoms with Gasteiger partial charge in [0.2, 0.25) is 5.75 Å². The van der Waals surface area contributed by atoms with Crippen LogP contribution in [0.4, 0.5) is 0 Å². The molecule has 0 bridgehead atoms. The van der Waals surface area contributed by atoms with Crippen molar-refractivity contribution in [1.82, 2.24) is 0 Å². The van der Waals surface area contributed by atoms with Gasteiger partial charge in [0.1, 0.15) is 22.8 Å². The maximum Gasteiger partial charge on any atom is 0.405 e. The van der Waals surface area contributed by atoms with E-state index in [0.29, 0.717) is 22.7 Å². The van der Waals surface area contributed by atoms with Crippen LogP contribution >= 0.6 is 0 Å². The van der Waals surface area contributed by atoms with Gasteiger partial charge in [-0.2, -0.15) is 0 Å². The van der Waals surface area contributed by atoms with Crippen LogP contribution in [0.2, 0.25) is 0 Å². The molecule has 5 heteroatoms. The molecule has 106 valence electrons. The molecule has 5 nitrogen and oxygen atoms in total. The molecule has 0 amide bonds.